The van der Waals surface area contributed by atoms with E-state index >= 15 is 0 Å². The van der Waals surface area contributed by atoms with Crippen LogP contribution in [0.4, 0.5) is 0 Å². The topological polar surface area (TPSA) is 82.2 Å². The molecule has 0 aliphatic carbocycles. The Morgan fingerprint density at radius 1 is 1.35 bits per heavy atom. The molecule has 1 atom stereocenters. The van der Waals surface area contributed by atoms with Gasteiger partial charge in [-0.15, -0.1) is 0 Å². The highest BCUT2D eigenvalue weighted by molar-refractivity contribution is 5.90. The van der Waals surface area contributed by atoms with Crippen LogP contribution < -0.4 is 5.32 Å². The fourth-order valence-electron chi connectivity index (χ4n) is 2.24. The largest absolute Gasteiger partial charge is 0.480 e. The van der Waals surface area contributed by atoms with Crippen LogP contribution in [-0.2, 0) is 16.0 Å². The molecule has 5 heteroatoms. The van der Waals surface area contributed by atoms with Crippen LogP contribution >= 0.6 is 0 Å². The number of benzene rings is 1. The van der Waals surface area contributed by atoms with Gasteiger partial charge in [0.25, 0.3) is 0 Å². The number of carboxylic acid groups (broad SMARTS) is 1. The lowest BCUT2D eigenvalue weighted by Crippen LogP contribution is -2.41. The average Bonchev–Trinajstić information content (AvgIpc) is 2.81. The number of carbonyl (C=O) groups is 2. The van der Waals surface area contributed by atoms with Gasteiger partial charge in [0.05, 0.1) is 6.42 Å². The molecule has 1 amide bonds. The van der Waals surface area contributed by atoms with Crippen molar-refractivity contribution in [3.8, 4) is 0 Å². The molecule has 1 aromatic heterocycles. The third-order valence-electron chi connectivity index (χ3n) is 3.24. The van der Waals surface area contributed by atoms with E-state index in [2.05, 4.69) is 10.3 Å². The number of fused-ring (bicyclic) bond motifs is 1. The highest BCUT2D eigenvalue weighted by Crippen LogP contribution is 2.18. The Kier molecular flexibility index (Phi) is 4.40. The average molecular weight is 274 g/mol. The smallest absolute Gasteiger partial charge is 0.326 e. The molecule has 0 bridgehead atoms. The van der Waals surface area contributed by atoms with Crippen molar-refractivity contribution >= 4 is 22.8 Å². The first kappa shape index (κ1) is 14.1. The van der Waals surface area contributed by atoms with E-state index in [0.717, 1.165) is 16.5 Å². The van der Waals surface area contributed by atoms with Gasteiger partial charge in [0.1, 0.15) is 6.04 Å². The van der Waals surface area contributed by atoms with Crippen molar-refractivity contribution in [3.05, 3.63) is 36.0 Å². The number of para-hydroxylation sites is 1. The number of aliphatic carboxylic acids is 1. The predicted octanol–water partition coefficient (Wildman–Crippen LogP) is 2.08. The Bertz CT molecular complexity index is 618. The van der Waals surface area contributed by atoms with Gasteiger partial charge in [0.15, 0.2) is 0 Å². The Labute approximate surface area is 117 Å². The molecule has 2 rings (SSSR count). The van der Waals surface area contributed by atoms with Gasteiger partial charge in [-0.2, -0.15) is 0 Å². The van der Waals surface area contributed by atoms with E-state index in [-0.39, 0.29) is 12.3 Å². The minimum absolute atomic E-state index is 0.178. The first-order chi connectivity index (χ1) is 9.61. The molecule has 0 fully saturated rings. The quantitative estimate of drug-likeness (QED) is 0.754. The van der Waals surface area contributed by atoms with E-state index < -0.39 is 12.0 Å². The number of rotatable bonds is 6. The van der Waals surface area contributed by atoms with Gasteiger partial charge in [-0.25, -0.2) is 4.79 Å². The van der Waals surface area contributed by atoms with Crippen molar-refractivity contribution in [2.24, 2.45) is 0 Å². The van der Waals surface area contributed by atoms with Gasteiger partial charge in [0.2, 0.25) is 5.91 Å². The molecule has 3 N–H and O–H groups in total. The van der Waals surface area contributed by atoms with Gasteiger partial charge in [-0.05, 0) is 18.1 Å². The minimum atomic E-state index is -0.987. The number of nitrogens with one attached hydrogen (secondary N) is 2. The third-order valence-corrected chi connectivity index (χ3v) is 3.24. The van der Waals surface area contributed by atoms with Crippen molar-refractivity contribution < 1.29 is 14.7 Å². The summed E-state index contributed by atoms with van der Waals surface area (Å²) in [6, 6.07) is 6.90. The lowest BCUT2D eigenvalue weighted by Gasteiger charge is -2.13. The number of H-pyrrole nitrogens is 1. The summed E-state index contributed by atoms with van der Waals surface area (Å²) in [5, 5.41) is 12.6. The summed E-state index contributed by atoms with van der Waals surface area (Å²) in [7, 11) is 0. The van der Waals surface area contributed by atoms with Gasteiger partial charge in [-0.1, -0.05) is 31.5 Å². The molecule has 0 saturated heterocycles. The second-order valence-electron chi connectivity index (χ2n) is 4.78. The summed E-state index contributed by atoms with van der Waals surface area (Å²) in [5.41, 5.74) is 1.84. The van der Waals surface area contributed by atoms with Crippen molar-refractivity contribution in [2.75, 3.05) is 0 Å². The number of hydrogen-bond acceptors (Lipinski definition) is 2. The van der Waals surface area contributed by atoms with Gasteiger partial charge in [0, 0.05) is 17.1 Å². The number of carboxylic acids is 1. The molecule has 1 heterocycles. The van der Waals surface area contributed by atoms with E-state index in [1.807, 2.05) is 31.2 Å². The molecule has 0 aliphatic rings. The molecule has 0 unspecified atom stereocenters. The second-order valence-corrected chi connectivity index (χ2v) is 4.78. The van der Waals surface area contributed by atoms with Crippen molar-refractivity contribution in [2.45, 2.75) is 32.2 Å². The maximum Gasteiger partial charge on any atom is 0.326 e. The highest BCUT2D eigenvalue weighted by atomic mass is 16.4. The highest BCUT2D eigenvalue weighted by Gasteiger charge is 2.19. The molecule has 106 valence electrons. The number of hydrogen-bond donors (Lipinski definition) is 3. The van der Waals surface area contributed by atoms with Crippen LogP contribution in [0.15, 0.2) is 30.5 Å². The predicted molar refractivity (Wildman–Crippen MR) is 76.5 cm³/mol. The minimum Gasteiger partial charge on any atom is -0.480 e. The number of amides is 1. The fraction of sp³-hybridized carbons (Fsp3) is 0.333. The zero-order valence-corrected chi connectivity index (χ0v) is 11.3. The van der Waals surface area contributed by atoms with E-state index in [1.54, 1.807) is 6.20 Å². The molecule has 0 radical (unpaired) electrons. The van der Waals surface area contributed by atoms with Crippen LogP contribution in [0.5, 0.6) is 0 Å². The van der Waals surface area contributed by atoms with Crippen LogP contribution in [-0.4, -0.2) is 28.0 Å². The van der Waals surface area contributed by atoms with Crippen LogP contribution in [0.2, 0.25) is 0 Å². The summed E-state index contributed by atoms with van der Waals surface area (Å²) in [5.74, 6) is -1.25. The summed E-state index contributed by atoms with van der Waals surface area (Å²) in [6.07, 6.45) is 3.12. The molecule has 1 aromatic carbocycles. The van der Waals surface area contributed by atoms with Crippen LogP contribution in [0.25, 0.3) is 10.9 Å². The SMILES string of the molecule is CCC[C@H](NC(=O)Cc1c[nH]c2ccccc12)C(=O)O. The number of aromatic amines is 1. The molecular formula is C15H18N2O3. The third kappa shape index (κ3) is 3.17. The summed E-state index contributed by atoms with van der Waals surface area (Å²) in [4.78, 5) is 26.1. The number of carbonyl (C=O) groups excluding carboxylic acids is 1. The molecule has 0 saturated carbocycles. The fourth-order valence-corrected chi connectivity index (χ4v) is 2.24. The van der Waals surface area contributed by atoms with Gasteiger partial charge < -0.3 is 15.4 Å². The van der Waals surface area contributed by atoms with Crippen molar-refractivity contribution in [1.82, 2.24) is 10.3 Å². The second kappa shape index (κ2) is 6.23. The van der Waals surface area contributed by atoms with Crippen molar-refractivity contribution in [3.63, 3.8) is 0 Å². The molecular weight excluding hydrogens is 256 g/mol. The first-order valence-electron chi connectivity index (χ1n) is 6.69. The molecule has 5 nitrogen and oxygen atoms in total. The van der Waals surface area contributed by atoms with Crippen LogP contribution in [0.3, 0.4) is 0 Å². The van der Waals surface area contributed by atoms with E-state index in [0.29, 0.717) is 12.8 Å². The normalized spacial score (nSPS) is 12.2. The Morgan fingerprint density at radius 3 is 2.80 bits per heavy atom. The zero-order chi connectivity index (χ0) is 14.5. The lowest BCUT2D eigenvalue weighted by atomic mass is 10.1. The summed E-state index contributed by atoms with van der Waals surface area (Å²) >= 11 is 0. The van der Waals surface area contributed by atoms with E-state index in [4.69, 9.17) is 5.11 Å². The summed E-state index contributed by atoms with van der Waals surface area (Å²) in [6.45, 7) is 1.89. The van der Waals surface area contributed by atoms with Gasteiger partial charge in [-0.3, -0.25) is 4.79 Å². The monoisotopic (exact) mass is 274 g/mol. The van der Waals surface area contributed by atoms with Crippen LogP contribution in [0.1, 0.15) is 25.3 Å². The Morgan fingerprint density at radius 2 is 2.10 bits per heavy atom. The maximum absolute atomic E-state index is 12.0. The molecule has 20 heavy (non-hydrogen) atoms. The molecule has 2 aromatic rings. The Balaban J connectivity index is 2.06. The first-order valence-corrected chi connectivity index (χ1v) is 6.69. The molecule has 0 spiro atoms. The van der Waals surface area contributed by atoms with E-state index in [9.17, 15) is 9.59 Å². The number of aromatic nitrogens is 1. The zero-order valence-electron chi connectivity index (χ0n) is 11.3. The standard InChI is InChI=1S/C15H18N2O3/c1-2-5-13(15(19)20)17-14(18)8-10-9-16-12-7-4-3-6-11(10)12/h3-4,6-7,9,13,16H,2,5,8H2,1H3,(H,17,18)(H,19,20)/t13-/m0/s1. The van der Waals surface area contributed by atoms with Crippen molar-refractivity contribution in [1.29, 1.82) is 0 Å². The van der Waals surface area contributed by atoms with Crippen LogP contribution in [0, 0.1) is 0 Å². The Hall–Kier alpha value is -2.30. The summed E-state index contributed by atoms with van der Waals surface area (Å²) < 4.78 is 0. The molecule has 0 aliphatic heterocycles. The lowest BCUT2D eigenvalue weighted by molar-refractivity contribution is -0.141. The van der Waals surface area contributed by atoms with E-state index in [1.165, 1.54) is 0 Å². The maximum atomic E-state index is 12.0. The van der Waals surface area contributed by atoms with Gasteiger partial charge >= 0.3 is 5.97 Å².